The molecule has 0 N–H and O–H groups in total. The maximum Gasteiger partial charge on any atom is 0.342 e. The first-order valence-corrected chi connectivity index (χ1v) is 4.85. The highest BCUT2D eigenvalue weighted by atomic mass is 35.5. The summed E-state index contributed by atoms with van der Waals surface area (Å²) in [6.07, 6.45) is 0. The lowest BCUT2D eigenvalue weighted by Gasteiger charge is -2.12. The molecule has 4 heteroatoms. The summed E-state index contributed by atoms with van der Waals surface area (Å²) in [5.41, 5.74) is 0.901. The summed E-state index contributed by atoms with van der Waals surface area (Å²) >= 11 is 11.1. The molecule has 0 saturated heterocycles. The second-order valence-electron chi connectivity index (χ2n) is 2.95. The van der Waals surface area contributed by atoms with Crippen LogP contribution < -0.4 is 0 Å². The number of hydrogen-bond acceptors (Lipinski definition) is 2. The molecule has 0 bridgehead atoms. The molecule has 0 fully saturated rings. The number of hydrogen-bond donors (Lipinski definition) is 0. The first-order chi connectivity index (χ1) is 6.50. The van der Waals surface area contributed by atoms with Crippen LogP contribution >= 0.6 is 23.2 Å². The van der Waals surface area contributed by atoms with Crippen LogP contribution in [-0.2, 0) is 16.1 Å². The van der Waals surface area contributed by atoms with Gasteiger partial charge < -0.3 is 4.74 Å². The van der Waals surface area contributed by atoms with Gasteiger partial charge in [0.15, 0.2) is 0 Å². The molecular formula is C10H10Cl2O2. The molecule has 1 aromatic rings. The van der Waals surface area contributed by atoms with E-state index in [-0.39, 0.29) is 6.61 Å². The van der Waals surface area contributed by atoms with Crippen molar-refractivity contribution in [1.82, 2.24) is 0 Å². The number of carbonyl (C=O) groups excluding carboxylic acids is 1. The lowest BCUT2D eigenvalue weighted by molar-refractivity contribution is -0.145. The molecule has 0 aliphatic rings. The second kappa shape index (κ2) is 4.67. The monoisotopic (exact) mass is 232 g/mol. The number of ether oxygens (including phenoxy) is 1. The molecular weight excluding hydrogens is 223 g/mol. The first-order valence-electron chi connectivity index (χ1n) is 4.09. The smallest absolute Gasteiger partial charge is 0.342 e. The minimum Gasteiger partial charge on any atom is -0.459 e. The highest BCUT2D eigenvalue weighted by Gasteiger charge is 2.29. The number of alkyl halides is 2. The van der Waals surface area contributed by atoms with Crippen molar-refractivity contribution >= 4 is 29.2 Å². The molecule has 0 aliphatic carbocycles. The third-order valence-electron chi connectivity index (χ3n) is 1.57. The normalized spacial score (nSPS) is 11.1. The molecule has 0 aliphatic heterocycles. The Hall–Kier alpha value is -0.730. The Labute approximate surface area is 92.8 Å². The largest absolute Gasteiger partial charge is 0.459 e. The fraction of sp³-hybridized carbons (Fsp3) is 0.300. The number of halogens is 2. The van der Waals surface area contributed by atoms with Crippen molar-refractivity contribution in [3.05, 3.63) is 35.9 Å². The van der Waals surface area contributed by atoms with Crippen LogP contribution in [0.2, 0.25) is 0 Å². The van der Waals surface area contributed by atoms with Gasteiger partial charge in [0.25, 0.3) is 0 Å². The van der Waals surface area contributed by atoms with E-state index in [0.717, 1.165) is 5.56 Å². The molecule has 0 aromatic heterocycles. The maximum atomic E-state index is 11.2. The van der Waals surface area contributed by atoms with Crippen LogP contribution in [0.25, 0.3) is 0 Å². The number of esters is 1. The van der Waals surface area contributed by atoms with E-state index in [1.165, 1.54) is 6.92 Å². The Bertz CT molecular complexity index is 304. The summed E-state index contributed by atoms with van der Waals surface area (Å²) < 4.78 is 3.41. The van der Waals surface area contributed by atoms with Crippen LogP contribution in [0.15, 0.2) is 30.3 Å². The highest BCUT2D eigenvalue weighted by Crippen LogP contribution is 2.21. The topological polar surface area (TPSA) is 26.3 Å². The third kappa shape index (κ3) is 3.56. The van der Waals surface area contributed by atoms with Crippen LogP contribution in [-0.4, -0.2) is 10.3 Å². The Morgan fingerprint density at radius 2 is 1.93 bits per heavy atom. The van der Waals surface area contributed by atoms with Crippen molar-refractivity contribution in [2.24, 2.45) is 0 Å². The van der Waals surface area contributed by atoms with E-state index < -0.39 is 10.3 Å². The SMILES string of the molecule is CC(Cl)(Cl)C(=O)OCc1ccccc1. The lowest BCUT2D eigenvalue weighted by Crippen LogP contribution is -2.24. The average molecular weight is 233 g/mol. The summed E-state index contributed by atoms with van der Waals surface area (Å²) in [4.78, 5) is 11.2. The van der Waals surface area contributed by atoms with Crippen LogP contribution in [0.1, 0.15) is 12.5 Å². The van der Waals surface area contributed by atoms with Crippen molar-refractivity contribution in [3.63, 3.8) is 0 Å². The summed E-state index contributed by atoms with van der Waals surface area (Å²) in [5, 5.41) is 0. The Kier molecular flexibility index (Phi) is 3.78. The second-order valence-corrected chi connectivity index (χ2v) is 4.66. The third-order valence-corrected chi connectivity index (χ3v) is 1.88. The Morgan fingerprint density at radius 1 is 1.36 bits per heavy atom. The van der Waals surface area contributed by atoms with Gasteiger partial charge in [0, 0.05) is 0 Å². The molecule has 2 nitrogen and oxygen atoms in total. The number of carbonyl (C=O) groups is 1. The van der Waals surface area contributed by atoms with Gasteiger partial charge in [-0.1, -0.05) is 53.5 Å². The van der Waals surface area contributed by atoms with Gasteiger partial charge in [-0.2, -0.15) is 0 Å². The summed E-state index contributed by atoms with van der Waals surface area (Å²) in [6, 6.07) is 9.33. The molecule has 0 amide bonds. The average Bonchev–Trinajstić information content (AvgIpc) is 2.14. The Morgan fingerprint density at radius 3 is 2.43 bits per heavy atom. The van der Waals surface area contributed by atoms with E-state index in [1.807, 2.05) is 30.3 Å². The van der Waals surface area contributed by atoms with Gasteiger partial charge in [-0.15, -0.1) is 0 Å². The summed E-state index contributed by atoms with van der Waals surface area (Å²) in [6.45, 7) is 1.57. The molecule has 1 aromatic carbocycles. The van der Waals surface area contributed by atoms with Gasteiger partial charge in [-0.25, -0.2) is 4.79 Å². The van der Waals surface area contributed by atoms with Gasteiger partial charge >= 0.3 is 5.97 Å². The minimum absolute atomic E-state index is 0.189. The van der Waals surface area contributed by atoms with Crippen molar-refractivity contribution in [1.29, 1.82) is 0 Å². The van der Waals surface area contributed by atoms with E-state index in [0.29, 0.717) is 0 Å². The zero-order chi connectivity index (χ0) is 10.6. The predicted molar refractivity (Wildman–Crippen MR) is 56.3 cm³/mol. The van der Waals surface area contributed by atoms with E-state index in [1.54, 1.807) is 0 Å². The van der Waals surface area contributed by atoms with Crippen molar-refractivity contribution < 1.29 is 9.53 Å². The molecule has 1 rings (SSSR count). The molecule has 0 saturated carbocycles. The molecule has 0 heterocycles. The fourth-order valence-corrected chi connectivity index (χ4v) is 0.959. The first kappa shape index (κ1) is 11.3. The summed E-state index contributed by atoms with van der Waals surface area (Å²) in [7, 11) is 0. The van der Waals surface area contributed by atoms with E-state index in [4.69, 9.17) is 27.9 Å². The van der Waals surface area contributed by atoms with E-state index in [9.17, 15) is 4.79 Å². The van der Waals surface area contributed by atoms with Crippen LogP contribution in [0, 0.1) is 0 Å². The molecule has 14 heavy (non-hydrogen) atoms. The van der Waals surface area contributed by atoms with Gasteiger partial charge in [0.2, 0.25) is 4.33 Å². The van der Waals surface area contributed by atoms with Gasteiger partial charge in [0.1, 0.15) is 6.61 Å². The highest BCUT2D eigenvalue weighted by molar-refractivity contribution is 6.57. The van der Waals surface area contributed by atoms with Crippen LogP contribution in [0.3, 0.4) is 0 Å². The van der Waals surface area contributed by atoms with Gasteiger partial charge in [-0.3, -0.25) is 0 Å². The number of benzene rings is 1. The van der Waals surface area contributed by atoms with Crippen LogP contribution in [0.5, 0.6) is 0 Å². The van der Waals surface area contributed by atoms with Gasteiger partial charge in [0.05, 0.1) is 0 Å². The predicted octanol–water partition coefficient (Wildman–Crippen LogP) is 2.92. The molecule has 0 radical (unpaired) electrons. The fourth-order valence-electron chi connectivity index (χ4n) is 0.850. The molecule has 0 unspecified atom stereocenters. The van der Waals surface area contributed by atoms with Crippen molar-refractivity contribution in [3.8, 4) is 0 Å². The maximum absolute atomic E-state index is 11.2. The lowest BCUT2D eigenvalue weighted by atomic mass is 10.2. The van der Waals surface area contributed by atoms with E-state index in [2.05, 4.69) is 0 Å². The molecule has 0 spiro atoms. The summed E-state index contributed by atoms with van der Waals surface area (Å²) in [5.74, 6) is -0.635. The quantitative estimate of drug-likeness (QED) is 0.592. The van der Waals surface area contributed by atoms with E-state index >= 15 is 0 Å². The number of rotatable bonds is 3. The van der Waals surface area contributed by atoms with Crippen LogP contribution in [0.4, 0.5) is 0 Å². The van der Waals surface area contributed by atoms with Crippen molar-refractivity contribution in [2.75, 3.05) is 0 Å². The Balaban J connectivity index is 2.46. The minimum atomic E-state index is -1.48. The molecule has 0 atom stereocenters. The van der Waals surface area contributed by atoms with Crippen molar-refractivity contribution in [2.45, 2.75) is 17.9 Å². The zero-order valence-corrected chi connectivity index (χ0v) is 9.18. The zero-order valence-electron chi connectivity index (χ0n) is 7.67. The van der Waals surface area contributed by atoms with Gasteiger partial charge in [-0.05, 0) is 12.5 Å². The molecule has 76 valence electrons. The standard InChI is InChI=1S/C10H10Cl2O2/c1-10(11,12)9(13)14-7-8-5-3-2-4-6-8/h2-6H,7H2,1H3.